The van der Waals surface area contributed by atoms with E-state index in [1.807, 2.05) is 14.1 Å². The molecule has 2 aromatic rings. The van der Waals surface area contributed by atoms with E-state index in [1.165, 1.54) is 12.1 Å². The van der Waals surface area contributed by atoms with Crippen LogP contribution in [0.1, 0.15) is 6.92 Å². The van der Waals surface area contributed by atoms with E-state index in [0.717, 1.165) is 0 Å². The number of hydrogen-bond acceptors (Lipinski definition) is 6. The highest BCUT2D eigenvalue weighted by atomic mass is 16.6. The Bertz CT molecular complexity index is 594. The van der Waals surface area contributed by atoms with Gasteiger partial charge in [0.15, 0.2) is 5.58 Å². The molecule has 0 saturated heterocycles. The van der Waals surface area contributed by atoms with Gasteiger partial charge in [0.25, 0.3) is 11.7 Å². The van der Waals surface area contributed by atoms with Crippen molar-refractivity contribution in [2.75, 3.05) is 26.0 Å². The first-order valence-corrected chi connectivity index (χ1v) is 5.92. The SMILES string of the molecule is CC(CNc1nc2ccc([N+](=O)[O-])cc2o1)N(C)C. The Morgan fingerprint density at radius 2 is 2.26 bits per heavy atom. The summed E-state index contributed by atoms with van der Waals surface area (Å²) in [6.45, 7) is 2.75. The summed E-state index contributed by atoms with van der Waals surface area (Å²) in [6, 6.07) is 5.07. The summed E-state index contributed by atoms with van der Waals surface area (Å²) in [5.74, 6) is 0. The molecule has 0 fully saturated rings. The number of hydrogen-bond donors (Lipinski definition) is 1. The summed E-state index contributed by atoms with van der Waals surface area (Å²) in [6.07, 6.45) is 0. The lowest BCUT2D eigenvalue weighted by Crippen LogP contribution is -2.31. The molecule has 0 spiro atoms. The Morgan fingerprint density at radius 1 is 1.53 bits per heavy atom. The first-order chi connectivity index (χ1) is 8.97. The van der Waals surface area contributed by atoms with E-state index in [0.29, 0.717) is 29.7 Å². The molecule has 7 heteroatoms. The third-order valence-corrected chi connectivity index (χ3v) is 3.01. The zero-order valence-electron chi connectivity index (χ0n) is 11.1. The van der Waals surface area contributed by atoms with Crippen LogP contribution in [0.5, 0.6) is 0 Å². The number of non-ortho nitro benzene ring substituents is 1. The Labute approximate surface area is 110 Å². The summed E-state index contributed by atoms with van der Waals surface area (Å²) in [7, 11) is 3.98. The van der Waals surface area contributed by atoms with Crippen LogP contribution >= 0.6 is 0 Å². The summed E-state index contributed by atoms with van der Waals surface area (Å²) in [5, 5.41) is 13.7. The van der Waals surface area contributed by atoms with Crippen molar-refractivity contribution in [3.8, 4) is 0 Å². The van der Waals surface area contributed by atoms with Gasteiger partial charge >= 0.3 is 0 Å². The van der Waals surface area contributed by atoms with Crippen LogP contribution in [0.25, 0.3) is 11.1 Å². The highest BCUT2D eigenvalue weighted by Gasteiger charge is 2.12. The molecule has 2 rings (SSSR count). The monoisotopic (exact) mass is 264 g/mol. The third kappa shape index (κ3) is 3.00. The number of anilines is 1. The van der Waals surface area contributed by atoms with Crippen LogP contribution < -0.4 is 5.32 Å². The maximum atomic E-state index is 10.7. The lowest BCUT2D eigenvalue weighted by molar-refractivity contribution is -0.384. The molecular formula is C12H16N4O3. The summed E-state index contributed by atoms with van der Waals surface area (Å²) < 4.78 is 5.44. The molecule has 19 heavy (non-hydrogen) atoms. The van der Waals surface area contributed by atoms with Crippen molar-refractivity contribution < 1.29 is 9.34 Å². The minimum Gasteiger partial charge on any atom is -0.423 e. The van der Waals surface area contributed by atoms with E-state index in [-0.39, 0.29) is 5.69 Å². The summed E-state index contributed by atoms with van der Waals surface area (Å²) in [5.41, 5.74) is 1.01. The first kappa shape index (κ1) is 13.3. The molecule has 0 bridgehead atoms. The van der Waals surface area contributed by atoms with Gasteiger partial charge < -0.3 is 14.6 Å². The number of fused-ring (bicyclic) bond motifs is 1. The molecule has 1 atom stereocenters. The molecule has 1 unspecified atom stereocenters. The number of nitro groups is 1. The molecule has 0 aliphatic carbocycles. The van der Waals surface area contributed by atoms with E-state index in [9.17, 15) is 10.1 Å². The standard InChI is InChI=1S/C12H16N4O3/c1-8(15(2)3)7-13-12-14-10-5-4-9(16(17)18)6-11(10)19-12/h4-6,8H,7H2,1-3H3,(H,13,14). The van der Waals surface area contributed by atoms with Gasteiger partial charge in [0.1, 0.15) is 5.52 Å². The van der Waals surface area contributed by atoms with E-state index in [4.69, 9.17) is 4.42 Å². The molecule has 0 aliphatic rings. The van der Waals surface area contributed by atoms with Crippen molar-refractivity contribution in [2.45, 2.75) is 13.0 Å². The topological polar surface area (TPSA) is 84.4 Å². The van der Waals surface area contributed by atoms with Crippen LogP contribution in [0.3, 0.4) is 0 Å². The average molecular weight is 264 g/mol. The van der Waals surface area contributed by atoms with Crippen LogP contribution in [-0.2, 0) is 0 Å². The molecule has 1 aromatic heterocycles. The van der Waals surface area contributed by atoms with Crippen molar-refractivity contribution in [2.24, 2.45) is 0 Å². The van der Waals surface area contributed by atoms with Crippen molar-refractivity contribution in [1.29, 1.82) is 0 Å². The van der Waals surface area contributed by atoms with Gasteiger partial charge in [-0.2, -0.15) is 4.98 Å². The highest BCUT2D eigenvalue weighted by Crippen LogP contribution is 2.23. The number of nitro benzene ring substituents is 1. The Kier molecular flexibility index (Phi) is 3.66. The fourth-order valence-electron chi connectivity index (χ4n) is 1.52. The van der Waals surface area contributed by atoms with Gasteiger partial charge in [0.05, 0.1) is 11.0 Å². The molecule has 0 radical (unpaired) electrons. The van der Waals surface area contributed by atoms with Crippen molar-refractivity contribution in [1.82, 2.24) is 9.88 Å². The molecule has 1 heterocycles. The van der Waals surface area contributed by atoms with Gasteiger partial charge in [0.2, 0.25) is 0 Å². The van der Waals surface area contributed by atoms with Crippen LogP contribution in [0.15, 0.2) is 22.6 Å². The predicted molar refractivity (Wildman–Crippen MR) is 72.3 cm³/mol. The average Bonchev–Trinajstić information content (AvgIpc) is 2.77. The second-order valence-electron chi connectivity index (χ2n) is 4.62. The van der Waals surface area contributed by atoms with Crippen LogP contribution in [0.4, 0.5) is 11.7 Å². The normalized spacial score (nSPS) is 12.8. The number of benzene rings is 1. The van der Waals surface area contributed by atoms with E-state index in [1.54, 1.807) is 6.07 Å². The molecule has 7 nitrogen and oxygen atoms in total. The number of nitrogens with zero attached hydrogens (tertiary/aromatic N) is 3. The second-order valence-corrected chi connectivity index (χ2v) is 4.62. The fraction of sp³-hybridized carbons (Fsp3) is 0.417. The van der Waals surface area contributed by atoms with Gasteiger partial charge in [-0.15, -0.1) is 0 Å². The highest BCUT2D eigenvalue weighted by molar-refractivity contribution is 5.77. The van der Waals surface area contributed by atoms with Crippen LogP contribution in [-0.4, -0.2) is 41.5 Å². The van der Waals surface area contributed by atoms with E-state index in [2.05, 4.69) is 22.1 Å². The maximum Gasteiger partial charge on any atom is 0.295 e. The summed E-state index contributed by atoms with van der Waals surface area (Å²) >= 11 is 0. The minimum atomic E-state index is -0.455. The van der Waals surface area contributed by atoms with Crippen molar-refractivity contribution in [3.63, 3.8) is 0 Å². The number of nitrogens with one attached hydrogen (secondary N) is 1. The van der Waals surface area contributed by atoms with Gasteiger partial charge in [-0.25, -0.2) is 0 Å². The number of aromatic nitrogens is 1. The zero-order chi connectivity index (χ0) is 14.0. The Balaban J connectivity index is 2.15. The zero-order valence-corrected chi connectivity index (χ0v) is 11.1. The molecule has 1 N–H and O–H groups in total. The van der Waals surface area contributed by atoms with Crippen LogP contribution in [0.2, 0.25) is 0 Å². The van der Waals surface area contributed by atoms with Gasteiger partial charge in [-0.3, -0.25) is 10.1 Å². The molecular weight excluding hydrogens is 248 g/mol. The molecule has 1 aromatic carbocycles. The Hall–Kier alpha value is -2.15. The van der Waals surface area contributed by atoms with Gasteiger partial charge in [-0.1, -0.05) is 0 Å². The number of oxazole rings is 1. The lowest BCUT2D eigenvalue weighted by atomic mass is 10.3. The maximum absolute atomic E-state index is 10.7. The van der Waals surface area contributed by atoms with Crippen LogP contribution in [0, 0.1) is 10.1 Å². The lowest BCUT2D eigenvalue weighted by Gasteiger charge is -2.19. The first-order valence-electron chi connectivity index (χ1n) is 5.92. The fourth-order valence-corrected chi connectivity index (χ4v) is 1.52. The van der Waals surface area contributed by atoms with E-state index >= 15 is 0 Å². The predicted octanol–water partition coefficient (Wildman–Crippen LogP) is 2.10. The second kappa shape index (κ2) is 5.23. The van der Waals surface area contributed by atoms with Gasteiger partial charge in [-0.05, 0) is 27.1 Å². The van der Waals surface area contributed by atoms with E-state index < -0.39 is 4.92 Å². The molecule has 0 amide bonds. The summed E-state index contributed by atoms with van der Waals surface area (Å²) in [4.78, 5) is 16.5. The Morgan fingerprint density at radius 3 is 2.89 bits per heavy atom. The molecule has 102 valence electrons. The molecule has 0 saturated carbocycles. The third-order valence-electron chi connectivity index (χ3n) is 3.01. The van der Waals surface area contributed by atoms with Gasteiger partial charge in [0, 0.05) is 18.7 Å². The largest absolute Gasteiger partial charge is 0.423 e. The number of likely N-dealkylation sites (N-methyl/N-ethyl adjacent to an activating group) is 1. The quantitative estimate of drug-likeness (QED) is 0.657. The number of rotatable bonds is 5. The smallest absolute Gasteiger partial charge is 0.295 e. The molecule has 0 aliphatic heterocycles. The minimum absolute atomic E-state index is 0.00291. The van der Waals surface area contributed by atoms with Crippen molar-refractivity contribution >= 4 is 22.8 Å². The van der Waals surface area contributed by atoms with Crippen molar-refractivity contribution in [3.05, 3.63) is 28.3 Å².